The maximum atomic E-state index is 12.6. The molecule has 1 aliphatic rings. The Hall–Kier alpha value is -2.14. The van der Waals surface area contributed by atoms with Crippen LogP contribution in [-0.4, -0.2) is 11.8 Å². The number of benzene rings is 1. The third kappa shape index (κ3) is 5.12. The zero-order valence-corrected chi connectivity index (χ0v) is 19.6. The van der Waals surface area contributed by atoms with Crippen LogP contribution in [0.2, 0.25) is 0 Å². The predicted molar refractivity (Wildman–Crippen MR) is 125 cm³/mol. The number of rotatable bonds is 6. The van der Waals surface area contributed by atoms with E-state index < -0.39 is 5.91 Å². The number of thiophene rings is 1. The molecular weight excluding hydrogens is 392 g/mol. The van der Waals surface area contributed by atoms with Crippen molar-refractivity contribution in [3.05, 3.63) is 51.4 Å². The van der Waals surface area contributed by atoms with Crippen molar-refractivity contribution in [3.63, 3.8) is 0 Å². The van der Waals surface area contributed by atoms with E-state index in [-0.39, 0.29) is 11.3 Å². The van der Waals surface area contributed by atoms with E-state index in [0.29, 0.717) is 35.2 Å². The molecule has 5 heteroatoms. The fourth-order valence-electron chi connectivity index (χ4n) is 4.19. The number of carbonyl (C=O) groups is 2. The number of carbonyl (C=O) groups excluding carboxylic acids is 2. The van der Waals surface area contributed by atoms with Crippen molar-refractivity contribution in [1.82, 2.24) is 0 Å². The summed E-state index contributed by atoms with van der Waals surface area (Å²) in [6.07, 6.45) is 3.90. The average Bonchev–Trinajstić information content (AvgIpc) is 3.03. The highest BCUT2D eigenvalue weighted by atomic mass is 32.1. The van der Waals surface area contributed by atoms with Crippen molar-refractivity contribution in [2.75, 3.05) is 5.32 Å². The molecule has 0 saturated heterocycles. The summed E-state index contributed by atoms with van der Waals surface area (Å²) in [7, 11) is 0. The van der Waals surface area contributed by atoms with Crippen LogP contribution in [0, 0.1) is 11.3 Å². The van der Waals surface area contributed by atoms with Crippen molar-refractivity contribution in [2.24, 2.45) is 17.1 Å². The van der Waals surface area contributed by atoms with Crippen LogP contribution in [0.1, 0.15) is 85.3 Å². The third-order valence-corrected chi connectivity index (χ3v) is 7.45. The minimum atomic E-state index is -0.443. The van der Waals surface area contributed by atoms with Gasteiger partial charge in [0.05, 0.1) is 5.56 Å². The molecule has 1 heterocycles. The van der Waals surface area contributed by atoms with Gasteiger partial charge in [-0.3, -0.25) is 9.59 Å². The zero-order valence-electron chi connectivity index (χ0n) is 18.8. The van der Waals surface area contributed by atoms with Crippen molar-refractivity contribution in [3.8, 4) is 0 Å². The summed E-state index contributed by atoms with van der Waals surface area (Å²) in [5.74, 6) is 0.553. The van der Waals surface area contributed by atoms with E-state index in [2.05, 4.69) is 64.2 Å². The second-order valence-electron chi connectivity index (χ2n) is 9.82. The van der Waals surface area contributed by atoms with Gasteiger partial charge in [-0.05, 0) is 59.6 Å². The van der Waals surface area contributed by atoms with Crippen molar-refractivity contribution in [1.29, 1.82) is 0 Å². The van der Waals surface area contributed by atoms with Gasteiger partial charge in [0.1, 0.15) is 5.00 Å². The lowest BCUT2D eigenvalue weighted by atomic mass is 9.72. The molecule has 0 fully saturated rings. The molecule has 0 spiro atoms. The minimum absolute atomic E-state index is 0.0728. The third-order valence-electron chi connectivity index (χ3n) is 6.28. The summed E-state index contributed by atoms with van der Waals surface area (Å²) >= 11 is 1.53. The van der Waals surface area contributed by atoms with Gasteiger partial charge in [0, 0.05) is 11.3 Å². The Labute approximate surface area is 184 Å². The van der Waals surface area contributed by atoms with Crippen LogP contribution >= 0.6 is 11.3 Å². The van der Waals surface area contributed by atoms with E-state index in [0.717, 1.165) is 30.4 Å². The van der Waals surface area contributed by atoms with Crippen molar-refractivity contribution < 1.29 is 9.59 Å². The van der Waals surface area contributed by atoms with Crippen molar-refractivity contribution in [2.45, 2.75) is 72.6 Å². The Balaban J connectivity index is 1.69. The zero-order chi connectivity index (χ0) is 22.1. The molecule has 0 aliphatic heterocycles. The van der Waals surface area contributed by atoms with Gasteiger partial charge in [-0.25, -0.2) is 0 Å². The lowest BCUT2D eigenvalue weighted by molar-refractivity contribution is -0.116. The van der Waals surface area contributed by atoms with Gasteiger partial charge in [-0.15, -0.1) is 11.3 Å². The minimum Gasteiger partial charge on any atom is -0.365 e. The molecule has 0 radical (unpaired) electrons. The number of anilines is 1. The molecule has 162 valence electrons. The highest BCUT2D eigenvalue weighted by molar-refractivity contribution is 7.17. The lowest BCUT2D eigenvalue weighted by Crippen LogP contribution is -2.27. The molecular formula is C25H34N2O2S. The highest BCUT2D eigenvalue weighted by Crippen LogP contribution is 2.44. The summed E-state index contributed by atoms with van der Waals surface area (Å²) in [6.45, 7) is 11.1. The molecule has 4 nitrogen and oxygen atoms in total. The second kappa shape index (κ2) is 8.93. The van der Waals surface area contributed by atoms with E-state index in [1.165, 1.54) is 21.8 Å². The summed E-state index contributed by atoms with van der Waals surface area (Å²) in [5, 5.41) is 3.61. The largest absolute Gasteiger partial charge is 0.365 e. The van der Waals surface area contributed by atoms with Gasteiger partial charge in [0.2, 0.25) is 5.91 Å². The lowest BCUT2D eigenvalue weighted by Gasteiger charge is -2.33. The Morgan fingerprint density at radius 3 is 2.43 bits per heavy atom. The molecule has 0 saturated carbocycles. The summed E-state index contributed by atoms with van der Waals surface area (Å²) in [4.78, 5) is 26.0. The maximum Gasteiger partial charge on any atom is 0.251 e. The number of nitrogens with two attached hydrogens (primary N) is 1. The summed E-state index contributed by atoms with van der Waals surface area (Å²) < 4.78 is 0. The first-order valence-electron chi connectivity index (χ1n) is 10.9. The van der Waals surface area contributed by atoms with Crippen LogP contribution in [0.5, 0.6) is 0 Å². The normalized spacial score (nSPS) is 16.4. The first-order valence-corrected chi connectivity index (χ1v) is 11.7. The number of primary amides is 1. The van der Waals surface area contributed by atoms with Crippen LogP contribution in [0.25, 0.3) is 0 Å². The van der Waals surface area contributed by atoms with Gasteiger partial charge in [0.25, 0.3) is 5.91 Å². The van der Waals surface area contributed by atoms with E-state index in [4.69, 9.17) is 5.73 Å². The number of hydrogen-bond acceptors (Lipinski definition) is 3. The smallest absolute Gasteiger partial charge is 0.251 e. The van der Waals surface area contributed by atoms with Crippen LogP contribution < -0.4 is 11.1 Å². The summed E-state index contributed by atoms with van der Waals surface area (Å²) in [5.41, 5.74) is 9.94. The van der Waals surface area contributed by atoms with Crippen LogP contribution in [0.4, 0.5) is 5.00 Å². The number of aryl methyl sites for hydroxylation is 1. The van der Waals surface area contributed by atoms with E-state index in [1.807, 2.05) is 0 Å². The molecule has 0 bridgehead atoms. The quantitative estimate of drug-likeness (QED) is 0.622. The molecule has 1 aromatic carbocycles. The highest BCUT2D eigenvalue weighted by Gasteiger charge is 2.33. The van der Waals surface area contributed by atoms with Crippen LogP contribution in [0.3, 0.4) is 0 Å². The molecule has 1 aliphatic carbocycles. The Morgan fingerprint density at radius 2 is 1.87 bits per heavy atom. The molecule has 1 aromatic heterocycles. The van der Waals surface area contributed by atoms with Crippen LogP contribution in [0.15, 0.2) is 24.3 Å². The standard InChI is InChI=1S/C25H34N2O2S/c1-15(2)17-9-6-16(7-10-17)8-13-21(28)27-24-22(23(26)29)19-12-11-18(25(3,4)5)14-20(19)30-24/h6-7,9-10,15,18H,8,11-14H2,1-5H3,(H2,26,29)(H,27,28)/t18-/m1/s1. The van der Waals surface area contributed by atoms with Crippen molar-refractivity contribution >= 4 is 28.2 Å². The fraction of sp³-hybridized carbons (Fsp3) is 0.520. The molecule has 2 aromatic rings. The second-order valence-corrected chi connectivity index (χ2v) is 10.9. The number of nitrogens with one attached hydrogen (secondary N) is 1. The number of amides is 2. The fourth-order valence-corrected chi connectivity index (χ4v) is 5.54. The molecule has 30 heavy (non-hydrogen) atoms. The van der Waals surface area contributed by atoms with E-state index in [9.17, 15) is 9.59 Å². The topological polar surface area (TPSA) is 72.2 Å². The van der Waals surface area contributed by atoms with Gasteiger partial charge in [-0.2, -0.15) is 0 Å². The maximum absolute atomic E-state index is 12.6. The SMILES string of the molecule is CC(C)c1ccc(CCC(=O)Nc2sc3c(c2C(N)=O)CC[C@@H](C(C)(C)C)C3)cc1. The van der Waals surface area contributed by atoms with Gasteiger partial charge >= 0.3 is 0 Å². The molecule has 1 atom stereocenters. The summed E-state index contributed by atoms with van der Waals surface area (Å²) in [6, 6.07) is 8.44. The first kappa shape index (κ1) is 22.5. The van der Waals surface area contributed by atoms with E-state index >= 15 is 0 Å². The van der Waals surface area contributed by atoms with Gasteiger partial charge in [0.15, 0.2) is 0 Å². The Morgan fingerprint density at radius 1 is 1.20 bits per heavy atom. The van der Waals surface area contributed by atoms with E-state index in [1.54, 1.807) is 0 Å². The Bertz CT molecular complexity index is 920. The van der Waals surface area contributed by atoms with Gasteiger partial charge in [-0.1, -0.05) is 58.9 Å². The molecule has 2 amide bonds. The predicted octanol–water partition coefficient (Wildman–Crippen LogP) is 5.69. The molecule has 0 unspecified atom stereocenters. The first-order chi connectivity index (χ1) is 14.1. The molecule has 3 N–H and O–H groups in total. The number of fused-ring (bicyclic) bond motifs is 1. The monoisotopic (exact) mass is 426 g/mol. The average molecular weight is 427 g/mol. The molecule has 3 rings (SSSR count). The van der Waals surface area contributed by atoms with Crippen LogP contribution in [-0.2, 0) is 24.1 Å². The number of hydrogen-bond donors (Lipinski definition) is 2. The van der Waals surface area contributed by atoms with Gasteiger partial charge < -0.3 is 11.1 Å². The Kier molecular flexibility index (Phi) is 6.71.